The molecule has 0 saturated heterocycles. The Morgan fingerprint density at radius 2 is 1.63 bits per heavy atom. The van der Waals surface area contributed by atoms with Crippen molar-refractivity contribution in [2.45, 2.75) is 13.1 Å². The van der Waals surface area contributed by atoms with Crippen molar-refractivity contribution in [2.24, 2.45) is 0 Å². The number of hydrogen-bond donors (Lipinski definition) is 0. The minimum absolute atomic E-state index is 0.0598. The summed E-state index contributed by atoms with van der Waals surface area (Å²) in [5, 5.41) is 0. The van der Waals surface area contributed by atoms with E-state index in [-0.39, 0.29) is 31.2 Å². The van der Waals surface area contributed by atoms with E-state index in [1.807, 2.05) is 0 Å². The number of benzene rings is 2. The summed E-state index contributed by atoms with van der Waals surface area (Å²) >= 11 is 0. The first-order valence-electron chi connectivity index (χ1n) is 9.31. The molecule has 7 nitrogen and oxygen atoms in total. The van der Waals surface area contributed by atoms with Gasteiger partial charge >= 0.3 is 5.69 Å². The fourth-order valence-electron chi connectivity index (χ4n) is 3.53. The number of aromatic nitrogens is 3. The van der Waals surface area contributed by atoms with Crippen LogP contribution in [0.5, 0.6) is 11.5 Å². The van der Waals surface area contributed by atoms with Crippen molar-refractivity contribution in [3.8, 4) is 11.5 Å². The summed E-state index contributed by atoms with van der Waals surface area (Å²) < 4.78 is 26.6. The van der Waals surface area contributed by atoms with Gasteiger partial charge in [0.15, 0.2) is 17.0 Å². The number of hydrogen-bond acceptors (Lipinski definition) is 5. The van der Waals surface area contributed by atoms with Crippen molar-refractivity contribution in [3.63, 3.8) is 0 Å². The van der Waals surface area contributed by atoms with Crippen LogP contribution in [0.1, 0.15) is 11.1 Å². The summed E-state index contributed by atoms with van der Waals surface area (Å²) in [5.41, 5.74) is 1.14. The maximum Gasteiger partial charge on any atom is 0.332 e. The highest BCUT2D eigenvalue weighted by molar-refractivity contribution is 5.73. The van der Waals surface area contributed by atoms with Crippen molar-refractivity contribution in [3.05, 3.63) is 98.6 Å². The van der Waals surface area contributed by atoms with Gasteiger partial charge in [-0.05, 0) is 47.5 Å². The smallest absolute Gasteiger partial charge is 0.332 e. The predicted octanol–water partition coefficient (Wildman–Crippen LogP) is 2.52. The van der Waals surface area contributed by atoms with Crippen molar-refractivity contribution in [1.82, 2.24) is 14.1 Å². The van der Waals surface area contributed by atoms with Crippen LogP contribution >= 0.6 is 0 Å². The minimum atomic E-state index is -0.470. The molecule has 0 amide bonds. The molecule has 2 aromatic carbocycles. The molecule has 0 bridgehead atoms. The first-order valence-corrected chi connectivity index (χ1v) is 9.31. The molecule has 0 radical (unpaired) electrons. The average molecular weight is 405 g/mol. The molecule has 0 saturated carbocycles. The fourth-order valence-corrected chi connectivity index (χ4v) is 3.53. The lowest BCUT2D eigenvalue weighted by atomic mass is 10.2. The van der Waals surface area contributed by atoms with E-state index in [1.54, 1.807) is 42.5 Å². The Hall–Kier alpha value is -3.94. The Morgan fingerprint density at radius 1 is 0.900 bits per heavy atom. The molecule has 0 N–H and O–H groups in total. The van der Waals surface area contributed by atoms with Crippen LogP contribution in [0.4, 0.5) is 4.39 Å². The second-order valence-corrected chi connectivity index (χ2v) is 6.95. The summed E-state index contributed by atoms with van der Waals surface area (Å²) in [5.74, 6) is 0.844. The molecule has 150 valence electrons. The lowest BCUT2D eigenvalue weighted by Crippen LogP contribution is -2.40. The van der Waals surface area contributed by atoms with E-state index in [4.69, 9.17) is 9.47 Å². The molecule has 1 aliphatic rings. The van der Waals surface area contributed by atoms with Gasteiger partial charge in [0.2, 0.25) is 6.79 Å². The zero-order valence-corrected chi connectivity index (χ0v) is 15.7. The van der Waals surface area contributed by atoms with Crippen LogP contribution in [0, 0.1) is 5.82 Å². The lowest BCUT2D eigenvalue weighted by molar-refractivity contribution is 0.174. The summed E-state index contributed by atoms with van der Waals surface area (Å²) in [6.07, 6.45) is 1.52. The lowest BCUT2D eigenvalue weighted by Gasteiger charge is -2.14. The second-order valence-electron chi connectivity index (χ2n) is 6.95. The number of pyridine rings is 1. The largest absolute Gasteiger partial charge is 0.454 e. The molecule has 0 unspecified atom stereocenters. The molecule has 0 spiro atoms. The zero-order chi connectivity index (χ0) is 20.7. The summed E-state index contributed by atoms with van der Waals surface area (Å²) in [6.45, 7) is 0.385. The van der Waals surface area contributed by atoms with Crippen LogP contribution in [0.15, 0.2) is 70.4 Å². The van der Waals surface area contributed by atoms with Crippen LogP contribution in [0.25, 0.3) is 11.0 Å². The van der Waals surface area contributed by atoms with Crippen molar-refractivity contribution in [1.29, 1.82) is 0 Å². The van der Waals surface area contributed by atoms with Gasteiger partial charge in [-0.25, -0.2) is 14.2 Å². The predicted molar refractivity (Wildman–Crippen MR) is 107 cm³/mol. The van der Waals surface area contributed by atoms with Gasteiger partial charge in [-0.1, -0.05) is 18.2 Å². The number of halogens is 1. The molecule has 3 heterocycles. The Bertz CT molecular complexity index is 1380. The van der Waals surface area contributed by atoms with Crippen LogP contribution in [0.2, 0.25) is 0 Å². The number of ether oxygens (including phenoxy) is 2. The van der Waals surface area contributed by atoms with Crippen LogP contribution in [0.3, 0.4) is 0 Å². The molecule has 0 fully saturated rings. The van der Waals surface area contributed by atoms with Gasteiger partial charge in [-0.2, -0.15) is 0 Å². The third-order valence-electron chi connectivity index (χ3n) is 5.02. The van der Waals surface area contributed by atoms with Gasteiger partial charge in [0.05, 0.1) is 18.6 Å². The maximum absolute atomic E-state index is 13.3. The average Bonchev–Trinajstić information content (AvgIpc) is 3.23. The first-order chi connectivity index (χ1) is 14.6. The molecule has 0 atom stereocenters. The summed E-state index contributed by atoms with van der Waals surface area (Å²) in [7, 11) is 0. The molecular formula is C22H16FN3O4. The van der Waals surface area contributed by atoms with Crippen LogP contribution in [-0.2, 0) is 13.1 Å². The van der Waals surface area contributed by atoms with Gasteiger partial charge in [0.25, 0.3) is 5.56 Å². The van der Waals surface area contributed by atoms with E-state index in [2.05, 4.69) is 4.98 Å². The fraction of sp³-hybridized carbons (Fsp3) is 0.136. The normalized spacial score (nSPS) is 12.4. The van der Waals surface area contributed by atoms with E-state index >= 15 is 0 Å². The quantitative estimate of drug-likeness (QED) is 0.522. The monoisotopic (exact) mass is 405 g/mol. The third-order valence-corrected chi connectivity index (χ3v) is 5.02. The summed E-state index contributed by atoms with van der Waals surface area (Å²) in [6, 6.07) is 14.5. The Kier molecular flexibility index (Phi) is 4.31. The van der Waals surface area contributed by atoms with E-state index in [1.165, 1.54) is 22.9 Å². The molecule has 1 aliphatic heterocycles. The minimum Gasteiger partial charge on any atom is -0.454 e. The number of fused-ring (bicyclic) bond motifs is 2. The highest BCUT2D eigenvalue weighted by Gasteiger charge is 2.17. The van der Waals surface area contributed by atoms with Crippen molar-refractivity contribution >= 4 is 11.0 Å². The molecule has 4 aromatic rings. The Morgan fingerprint density at radius 3 is 2.47 bits per heavy atom. The van der Waals surface area contributed by atoms with E-state index in [0.717, 1.165) is 15.7 Å². The van der Waals surface area contributed by atoms with E-state index in [9.17, 15) is 14.0 Å². The molecule has 8 heteroatoms. The third kappa shape index (κ3) is 3.12. The molecular weight excluding hydrogens is 389 g/mol. The maximum atomic E-state index is 13.3. The zero-order valence-electron chi connectivity index (χ0n) is 15.7. The molecule has 0 aliphatic carbocycles. The SMILES string of the molecule is O=c1c2ncccc2n(Cc2ccc(F)cc2)c(=O)n1Cc1ccc2c(c1)OCO2. The van der Waals surface area contributed by atoms with Crippen LogP contribution < -0.4 is 20.7 Å². The number of nitrogens with zero attached hydrogens (tertiary/aromatic N) is 3. The second kappa shape index (κ2) is 7.14. The van der Waals surface area contributed by atoms with Gasteiger partial charge in [0, 0.05) is 6.20 Å². The first kappa shape index (κ1) is 18.1. The highest BCUT2D eigenvalue weighted by Crippen LogP contribution is 2.32. The van der Waals surface area contributed by atoms with Gasteiger partial charge in [-0.15, -0.1) is 0 Å². The van der Waals surface area contributed by atoms with Gasteiger partial charge in [0.1, 0.15) is 5.82 Å². The molecule has 30 heavy (non-hydrogen) atoms. The number of rotatable bonds is 4. The van der Waals surface area contributed by atoms with Gasteiger partial charge < -0.3 is 9.47 Å². The summed E-state index contributed by atoms with van der Waals surface area (Å²) in [4.78, 5) is 30.5. The standard InChI is InChI=1S/C22H16FN3O4/c23-16-6-3-14(4-7-16)11-25-17-2-1-9-24-20(17)21(27)26(22(25)28)12-15-5-8-18-19(10-15)30-13-29-18/h1-10H,11-13H2. The van der Waals surface area contributed by atoms with Crippen molar-refractivity contribution < 1.29 is 13.9 Å². The van der Waals surface area contributed by atoms with Crippen molar-refractivity contribution in [2.75, 3.05) is 6.79 Å². The highest BCUT2D eigenvalue weighted by atomic mass is 19.1. The Balaban J connectivity index is 1.64. The van der Waals surface area contributed by atoms with Gasteiger partial charge in [-0.3, -0.25) is 13.9 Å². The van der Waals surface area contributed by atoms with E-state index < -0.39 is 11.2 Å². The van der Waals surface area contributed by atoms with E-state index in [0.29, 0.717) is 17.0 Å². The topological polar surface area (TPSA) is 75.4 Å². The Labute approximate surface area is 169 Å². The van der Waals surface area contributed by atoms with Crippen LogP contribution in [-0.4, -0.2) is 20.9 Å². The molecule has 2 aromatic heterocycles. The molecule has 5 rings (SSSR count).